The molecule has 1 amide bonds. The van der Waals surface area contributed by atoms with Crippen molar-refractivity contribution < 1.29 is 9.53 Å². The average Bonchev–Trinajstić information content (AvgIpc) is 2.95. The van der Waals surface area contributed by atoms with Gasteiger partial charge in [0.05, 0.1) is 17.7 Å². The van der Waals surface area contributed by atoms with Crippen molar-refractivity contribution in [3.63, 3.8) is 0 Å². The van der Waals surface area contributed by atoms with Crippen LogP contribution in [0.2, 0.25) is 5.02 Å². The number of halogens is 1. The number of hydrogen-bond donors (Lipinski definition) is 2. The van der Waals surface area contributed by atoms with Gasteiger partial charge in [0.2, 0.25) is 0 Å². The average molecular weight is 333 g/mol. The number of nitrogens with one attached hydrogen (secondary N) is 2. The van der Waals surface area contributed by atoms with Crippen LogP contribution in [0.25, 0.3) is 10.1 Å². The predicted octanol–water partition coefficient (Wildman–Crippen LogP) is 4.32. The van der Waals surface area contributed by atoms with Crippen LogP contribution in [0.15, 0.2) is 48.5 Å². The van der Waals surface area contributed by atoms with Crippen molar-refractivity contribution in [2.75, 3.05) is 12.5 Å². The van der Waals surface area contributed by atoms with Gasteiger partial charge in [-0.3, -0.25) is 15.6 Å². The molecule has 0 saturated carbocycles. The van der Waals surface area contributed by atoms with Crippen molar-refractivity contribution >= 4 is 44.6 Å². The summed E-state index contributed by atoms with van der Waals surface area (Å²) in [7, 11) is 1.62. The van der Waals surface area contributed by atoms with Crippen LogP contribution in [-0.2, 0) is 0 Å². The maximum absolute atomic E-state index is 12.2. The van der Waals surface area contributed by atoms with E-state index in [0.29, 0.717) is 9.90 Å². The zero-order valence-electron chi connectivity index (χ0n) is 11.7. The Balaban J connectivity index is 1.74. The molecule has 0 aliphatic rings. The van der Waals surface area contributed by atoms with Crippen molar-refractivity contribution in [3.8, 4) is 5.75 Å². The van der Waals surface area contributed by atoms with E-state index in [0.717, 1.165) is 21.5 Å². The molecule has 2 N–H and O–H groups in total. The van der Waals surface area contributed by atoms with E-state index in [4.69, 9.17) is 16.3 Å². The molecular formula is C16H13ClN2O2S. The van der Waals surface area contributed by atoms with Crippen LogP contribution in [0, 0.1) is 0 Å². The molecule has 2 aromatic carbocycles. The highest BCUT2D eigenvalue weighted by Crippen LogP contribution is 2.28. The Labute approximate surface area is 136 Å². The molecule has 3 rings (SSSR count). The summed E-state index contributed by atoms with van der Waals surface area (Å²) in [5, 5.41) is 1.59. The fraction of sp³-hybridized carbons (Fsp3) is 0.0625. The Morgan fingerprint density at radius 3 is 2.82 bits per heavy atom. The summed E-state index contributed by atoms with van der Waals surface area (Å²) in [6, 6.07) is 14.7. The molecule has 0 radical (unpaired) electrons. The number of amides is 1. The molecule has 0 unspecified atom stereocenters. The number of hydrogen-bond acceptors (Lipinski definition) is 4. The first-order valence-electron chi connectivity index (χ1n) is 6.55. The number of methoxy groups -OCH3 is 1. The monoisotopic (exact) mass is 332 g/mol. The number of anilines is 1. The lowest BCUT2D eigenvalue weighted by atomic mass is 10.2. The van der Waals surface area contributed by atoms with E-state index in [1.807, 2.05) is 36.4 Å². The van der Waals surface area contributed by atoms with Gasteiger partial charge < -0.3 is 4.74 Å². The molecule has 0 aliphatic heterocycles. The quantitative estimate of drug-likeness (QED) is 0.699. The van der Waals surface area contributed by atoms with Gasteiger partial charge in [-0.25, -0.2) is 0 Å². The summed E-state index contributed by atoms with van der Waals surface area (Å²) in [5.74, 6) is 0.578. The summed E-state index contributed by atoms with van der Waals surface area (Å²) in [4.78, 5) is 12.8. The third-order valence-corrected chi connectivity index (χ3v) is 4.44. The van der Waals surface area contributed by atoms with Crippen molar-refractivity contribution in [2.24, 2.45) is 0 Å². The second-order valence-electron chi connectivity index (χ2n) is 4.60. The van der Waals surface area contributed by atoms with E-state index < -0.39 is 0 Å². The molecule has 0 spiro atoms. The van der Waals surface area contributed by atoms with Gasteiger partial charge in [-0.1, -0.05) is 17.7 Å². The van der Waals surface area contributed by atoms with Crippen molar-refractivity contribution in [1.82, 2.24) is 5.43 Å². The summed E-state index contributed by atoms with van der Waals surface area (Å²) in [6.45, 7) is 0. The van der Waals surface area contributed by atoms with Crippen LogP contribution in [0.5, 0.6) is 5.75 Å². The molecule has 22 heavy (non-hydrogen) atoms. The van der Waals surface area contributed by atoms with Crippen LogP contribution in [0.3, 0.4) is 0 Å². The van der Waals surface area contributed by atoms with Crippen LogP contribution in [-0.4, -0.2) is 13.0 Å². The normalized spacial score (nSPS) is 10.5. The number of thiophene rings is 1. The second-order valence-corrected chi connectivity index (χ2v) is 6.12. The Morgan fingerprint density at radius 2 is 2.05 bits per heavy atom. The molecule has 0 bridgehead atoms. The van der Waals surface area contributed by atoms with Gasteiger partial charge in [-0.05, 0) is 47.9 Å². The largest absolute Gasteiger partial charge is 0.497 e. The number of fused-ring (bicyclic) bond motifs is 1. The van der Waals surface area contributed by atoms with Gasteiger partial charge in [0.15, 0.2) is 0 Å². The second kappa shape index (κ2) is 6.25. The summed E-state index contributed by atoms with van der Waals surface area (Å²) < 4.78 is 6.22. The Bertz CT molecular complexity index is 832. The first kappa shape index (κ1) is 14.7. The SMILES string of the molecule is COc1ccc2sc(C(=O)NNc3cccc(Cl)c3)cc2c1. The molecular weight excluding hydrogens is 320 g/mol. The van der Waals surface area contributed by atoms with E-state index in [-0.39, 0.29) is 5.91 Å². The maximum Gasteiger partial charge on any atom is 0.279 e. The summed E-state index contributed by atoms with van der Waals surface area (Å²) in [5.41, 5.74) is 6.24. The van der Waals surface area contributed by atoms with E-state index in [9.17, 15) is 4.79 Å². The number of carbonyl (C=O) groups is 1. The third-order valence-electron chi connectivity index (χ3n) is 3.09. The lowest BCUT2D eigenvalue weighted by molar-refractivity contribution is 0.0966. The van der Waals surface area contributed by atoms with E-state index in [2.05, 4.69) is 10.9 Å². The smallest absolute Gasteiger partial charge is 0.279 e. The van der Waals surface area contributed by atoms with Crippen LogP contribution in [0.1, 0.15) is 9.67 Å². The molecule has 0 atom stereocenters. The summed E-state index contributed by atoms with van der Waals surface area (Å²) >= 11 is 7.33. The van der Waals surface area contributed by atoms with Gasteiger partial charge in [0, 0.05) is 9.72 Å². The molecule has 3 aromatic rings. The van der Waals surface area contributed by atoms with Crippen molar-refractivity contribution in [3.05, 3.63) is 58.4 Å². The number of carbonyl (C=O) groups excluding carboxylic acids is 1. The van der Waals surface area contributed by atoms with Crippen molar-refractivity contribution in [1.29, 1.82) is 0 Å². The van der Waals surface area contributed by atoms with Crippen molar-refractivity contribution in [2.45, 2.75) is 0 Å². The minimum atomic E-state index is -0.194. The molecule has 0 fully saturated rings. The molecule has 0 saturated heterocycles. The number of ether oxygens (including phenoxy) is 1. The molecule has 4 nitrogen and oxygen atoms in total. The van der Waals surface area contributed by atoms with Crippen LogP contribution >= 0.6 is 22.9 Å². The first-order valence-corrected chi connectivity index (χ1v) is 7.74. The molecule has 1 heterocycles. The molecule has 112 valence electrons. The van der Waals surface area contributed by atoms with Gasteiger partial charge in [-0.2, -0.15) is 0 Å². The van der Waals surface area contributed by atoms with Gasteiger partial charge in [0.25, 0.3) is 5.91 Å². The van der Waals surface area contributed by atoms with Gasteiger partial charge >= 0.3 is 0 Å². The Kier molecular flexibility index (Phi) is 4.18. The summed E-state index contributed by atoms with van der Waals surface area (Å²) in [6.07, 6.45) is 0. The lowest BCUT2D eigenvalue weighted by Crippen LogP contribution is -2.28. The zero-order valence-corrected chi connectivity index (χ0v) is 13.3. The Morgan fingerprint density at radius 1 is 1.18 bits per heavy atom. The van der Waals surface area contributed by atoms with E-state index in [1.165, 1.54) is 11.3 Å². The minimum Gasteiger partial charge on any atom is -0.497 e. The van der Waals surface area contributed by atoms with E-state index >= 15 is 0 Å². The lowest BCUT2D eigenvalue weighted by Gasteiger charge is -2.07. The molecule has 6 heteroatoms. The highest BCUT2D eigenvalue weighted by atomic mass is 35.5. The number of hydrazine groups is 1. The van der Waals surface area contributed by atoms with Crippen LogP contribution < -0.4 is 15.6 Å². The highest BCUT2D eigenvalue weighted by Gasteiger charge is 2.10. The number of benzene rings is 2. The Hall–Kier alpha value is -2.24. The standard InChI is InChI=1S/C16H13ClN2O2S/c1-21-13-5-6-14-10(7-13)8-15(22-14)16(20)19-18-12-4-2-3-11(17)9-12/h2-9,18H,1H3,(H,19,20). The zero-order chi connectivity index (χ0) is 15.5. The van der Waals surface area contributed by atoms with Gasteiger partial charge in [-0.15, -0.1) is 11.3 Å². The highest BCUT2D eigenvalue weighted by molar-refractivity contribution is 7.20. The molecule has 1 aromatic heterocycles. The van der Waals surface area contributed by atoms with Gasteiger partial charge in [0.1, 0.15) is 5.75 Å². The maximum atomic E-state index is 12.2. The fourth-order valence-corrected chi connectivity index (χ4v) is 3.15. The minimum absolute atomic E-state index is 0.194. The predicted molar refractivity (Wildman–Crippen MR) is 90.9 cm³/mol. The fourth-order valence-electron chi connectivity index (χ4n) is 2.02. The van der Waals surface area contributed by atoms with E-state index in [1.54, 1.807) is 19.2 Å². The number of rotatable bonds is 4. The molecule has 0 aliphatic carbocycles. The first-order chi connectivity index (χ1) is 10.7. The van der Waals surface area contributed by atoms with Crippen LogP contribution in [0.4, 0.5) is 5.69 Å². The topological polar surface area (TPSA) is 50.4 Å². The third kappa shape index (κ3) is 3.16.